The molecule has 7 heteroatoms. The molecule has 2 aromatic heterocycles. The number of aryl methyl sites for hydroxylation is 1. The molecule has 0 atom stereocenters. The van der Waals surface area contributed by atoms with E-state index in [1.54, 1.807) is 13.0 Å². The quantitative estimate of drug-likeness (QED) is 0.405. The third-order valence-corrected chi connectivity index (χ3v) is 3.89. The molecule has 2 aromatic rings. The molecule has 0 saturated heterocycles. The van der Waals surface area contributed by atoms with Gasteiger partial charge in [-0.1, -0.05) is 5.16 Å². The van der Waals surface area contributed by atoms with Crippen molar-refractivity contribution in [3.63, 3.8) is 0 Å². The van der Waals surface area contributed by atoms with E-state index in [2.05, 4.69) is 5.16 Å². The zero-order chi connectivity index (χ0) is 14.7. The Morgan fingerprint density at radius 1 is 1.55 bits per heavy atom. The minimum absolute atomic E-state index is 0.0199. The third kappa shape index (κ3) is 2.44. The molecule has 0 unspecified atom stereocenters. The first-order valence-electron chi connectivity index (χ1n) is 6.13. The number of aromatic nitrogens is 1. The van der Waals surface area contributed by atoms with Gasteiger partial charge in [0, 0.05) is 12.7 Å². The van der Waals surface area contributed by atoms with Crippen LogP contribution in [0.3, 0.4) is 0 Å². The van der Waals surface area contributed by atoms with Crippen molar-refractivity contribution < 1.29 is 14.7 Å². The highest BCUT2D eigenvalue weighted by molar-refractivity contribution is 7.20. The van der Waals surface area contributed by atoms with Gasteiger partial charge in [0.25, 0.3) is 0 Å². The number of ether oxygens (including phenoxy) is 1. The number of oxime groups is 1. The maximum absolute atomic E-state index is 12.3. The lowest BCUT2D eigenvalue weighted by atomic mass is 10.2. The third-order valence-electron chi connectivity index (χ3n) is 2.79. The number of hydrogen-bond donors (Lipinski definition) is 1. The van der Waals surface area contributed by atoms with Crippen LogP contribution < -0.4 is 5.43 Å². The first kappa shape index (κ1) is 14.3. The van der Waals surface area contributed by atoms with E-state index in [0.717, 1.165) is 4.83 Å². The van der Waals surface area contributed by atoms with E-state index in [1.807, 2.05) is 11.5 Å². The molecule has 0 bridgehead atoms. The maximum atomic E-state index is 12.3. The van der Waals surface area contributed by atoms with Crippen molar-refractivity contribution in [1.29, 1.82) is 0 Å². The Labute approximate surface area is 118 Å². The lowest BCUT2D eigenvalue weighted by molar-refractivity contribution is 0.0524. The van der Waals surface area contributed by atoms with Crippen LogP contribution in [0.1, 0.15) is 29.1 Å². The summed E-state index contributed by atoms with van der Waals surface area (Å²) >= 11 is 1.32. The van der Waals surface area contributed by atoms with Gasteiger partial charge in [0.2, 0.25) is 5.43 Å². The summed E-state index contributed by atoms with van der Waals surface area (Å²) in [6.45, 7) is 4.43. The van der Waals surface area contributed by atoms with Crippen molar-refractivity contribution in [3.05, 3.63) is 32.9 Å². The molecule has 106 valence electrons. The summed E-state index contributed by atoms with van der Waals surface area (Å²) < 4.78 is 6.70. The summed E-state index contributed by atoms with van der Waals surface area (Å²) in [5.74, 6) is -0.620. The average Bonchev–Trinajstić information content (AvgIpc) is 2.84. The Morgan fingerprint density at radius 3 is 2.90 bits per heavy atom. The van der Waals surface area contributed by atoms with Crippen molar-refractivity contribution in [2.45, 2.75) is 20.4 Å². The number of rotatable bonds is 4. The molecule has 20 heavy (non-hydrogen) atoms. The van der Waals surface area contributed by atoms with Crippen molar-refractivity contribution in [3.8, 4) is 0 Å². The average molecular weight is 294 g/mol. The molecule has 6 nitrogen and oxygen atoms in total. The predicted octanol–water partition coefficient (Wildman–Crippen LogP) is 2.07. The summed E-state index contributed by atoms with van der Waals surface area (Å²) in [7, 11) is 0. The summed E-state index contributed by atoms with van der Waals surface area (Å²) in [5.41, 5.74) is -0.344. The second-order valence-electron chi connectivity index (χ2n) is 3.99. The minimum Gasteiger partial charge on any atom is -0.462 e. The molecule has 0 aliphatic rings. The predicted molar refractivity (Wildman–Crippen MR) is 77.1 cm³/mol. The second kappa shape index (κ2) is 5.87. The van der Waals surface area contributed by atoms with Gasteiger partial charge in [-0.25, -0.2) is 4.79 Å². The molecule has 2 rings (SSSR count). The molecule has 0 amide bonds. The molecule has 0 aromatic carbocycles. The molecule has 0 radical (unpaired) electrons. The number of carbonyl (C=O) groups excluding carboxylic acids is 1. The standard InChI is InChI=1S/C13H14N2O4S/c1-3-15-7-10(13(17)19-4-2)11(16)9-5-8(6-14-18)20-12(9)15/h5-7,18H,3-4H2,1-2H3. The van der Waals surface area contributed by atoms with Crippen LogP contribution in [0.5, 0.6) is 0 Å². The van der Waals surface area contributed by atoms with Gasteiger partial charge in [-0.3, -0.25) is 4.79 Å². The molecular formula is C13H14N2O4S. The van der Waals surface area contributed by atoms with Gasteiger partial charge in [-0.15, -0.1) is 11.3 Å². The monoisotopic (exact) mass is 294 g/mol. The van der Waals surface area contributed by atoms with E-state index < -0.39 is 5.97 Å². The molecular weight excluding hydrogens is 280 g/mol. The SMILES string of the molecule is CCOC(=O)c1cn(CC)c2sc(C=NO)cc2c1=O. The highest BCUT2D eigenvalue weighted by atomic mass is 32.1. The van der Waals surface area contributed by atoms with Gasteiger partial charge >= 0.3 is 5.97 Å². The number of pyridine rings is 1. The fraction of sp³-hybridized carbons (Fsp3) is 0.308. The van der Waals surface area contributed by atoms with Gasteiger partial charge in [-0.2, -0.15) is 0 Å². The van der Waals surface area contributed by atoms with Crippen molar-refractivity contribution >= 4 is 33.7 Å². The Balaban J connectivity index is 2.71. The molecule has 0 fully saturated rings. The van der Waals surface area contributed by atoms with Crippen molar-refractivity contribution in [1.82, 2.24) is 4.57 Å². The van der Waals surface area contributed by atoms with Crippen LogP contribution >= 0.6 is 11.3 Å². The first-order chi connectivity index (χ1) is 9.62. The number of fused-ring (bicyclic) bond motifs is 1. The fourth-order valence-electron chi connectivity index (χ4n) is 1.90. The lowest BCUT2D eigenvalue weighted by Gasteiger charge is -2.07. The highest BCUT2D eigenvalue weighted by Gasteiger charge is 2.17. The van der Waals surface area contributed by atoms with Crippen molar-refractivity contribution in [2.24, 2.45) is 5.16 Å². The van der Waals surface area contributed by atoms with E-state index in [1.165, 1.54) is 23.7 Å². The van der Waals surface area contributed by atoms with Gasteiger partial charge < -0.3 is 14.5 Å². The summed E-state index contributed by atoms with van der Waals surface area (Å²) in [6.07, 6.45) is 2.77. The van der Waals surface area contributed by atoms with Crippen LogP contribution in [-0.4, -0.2) is 28.6 Å². The van der Waals surface area contributed by atoms with Crippen LogP contribution in [0.15, 0.2) is 22.2 Å². The molecule has 1 N–H and O–H groups in total. The smallest absolute Gasteiger partial charge is 0.343 e. The van der Waals surface area contributed by atoms with E-state index in [-0.39, 0.29) is 17.6 Å². The molecule has 0 spiro atoms. The first-order valence-corrected chi connectivity index (χ1v) is 6.95. The van der Waals surface area contributed by atoms with E-state index >= 15 is 0 Å². The second-order valence-corrected chi connectivity index (χ2v) is 5.05. The molecule has 0 saturated carbocycles. The van der Waals surface area contributed by atoms with Crippen LogP contribution in [-0.2, 0) is 11.3 Å². The highest BCUT2D eigenvalue weighted by Crippen LogP contribution is 2.23. The molecule has 2 heterocycles. The Morgan fingerprint density at radius 2 is 2.30 bits per heavy atom. The zero-order valence-electron chi connectivity index (χ0n) is 11.1. The maximum Gasteiger partial charge on any atom is 0.343 e. The van der Waals surface area contributed by atoms with Crippen molar-refractivity contribution in [2.75, 3.05) is 6.61 Å². The molecule has 0 aliphatic carbocycles. The number of hydrogen-bond acceptors (Lipinski definition) is 6. The van der Waals surface area contributed by atoms with Gasteiger partial charge in [0.05, 0.1) is 23.1 Å². The largest absolute Gasteiger partial charge is 0.462 e. The van der Waals surface area contributed by atoms with Crippen LogP contribution in [0.25, 0.3) is 10.2 Å². The fourth-order valence-corrected chi connectivity index (χ4v) is 2.96. The summed E-state index contributed by atoms with van der Waals surface area (Å²) in [6, 6.07) is 1.61. The Hall–Kier alpha value is -2.15. The van der Waals surface area contributed by atoms with Gasteiger partial charge in [0.1, 0.15) is 10.4 Å². The summed E-state index contributed by atoms with van der Waals surface area (Å²) in [4.78, 5) is 25.5. The van der Waals surface area contributed by atoms with Crippen LogP contribution in [0.2, 0.25) is 0 Å². The van der Waals surface area contributed by atoms with Gasteiger partial charge in [-0.05, 0) is 19.9 Å². The summed E-state index contributed by atoms with van der Waals surface area (Å²) in [5, 5.41) is 12.0. The van der Waals surface area contributed by atoms with Gasteiger partial charge in [0.15, 0.2) is 0 Å². The Kier molecular flexibility index (Phi) is 4.19. The lowest BCUT2D eigenvalue weighted by Crippen LogP contribution is -2.19. The molecule has 0 aliphatic heterocycles. The number of carbonyl (C=O) groups is 1. The Bertz CT molecular complexity index is 730. The van der Waals surface area contributed by atoms with E-state index in [9.17, 15) is 9.59 Å². The normalized spacial score (nSPS) is 11.3. The number of thiophene rings is 1. The van der Waals surface area contributed by atoms with Crippen LogP contribution in [0, 0.1) is 0 Å². The topological polar surface area (TPSA) is 80.9 Å². The number of esters is 1. The number of nitrogens with zero attached hydrogens (tertiary/aromatic N) is 2. The van der Waals surface area contributed by atoms with Crippen LogP contribution in [0.4, 0.5) is 0 Å². The minimum atomic E-state index is -0.620. The zero-order valence-corrected chi connectivity index (χ0v) is 11.9. The van der Waals surface area contributed by atoms with E-state index in [4.69, 9.17) is 9.94 Å². The van der Waals surface area contributed by atoms with E-state index in [0.29, 0.717) is 16.8 Å².